The number of hydrogen-bond donors (Lipinski definition) is 3. The van der Waals surface area contributed by atoms with E-state index in [-0.39, 0.29) is 35.4 Å². The second-order valence-electron chi connectivity index (χ2n) is 5.20. The molecule has 0 amide bonds. The van der Waals surface area contributed by atoms with Crippen LogP contribution in [0, 0.1) is 6.92 Å². The number of aromatic nitrogens is 1. The Kier molecular flexibility index (Phi) is 10.1. The first-order valence-corrected chi connectivity index (χ1v) is 10.3. The first kappa shape index (κ1) is 22.8. The van der Waals surface area contributed by atoms with Gasteiger partial charge in [0.25, 0.3) is 0 Å². The Morgan fingerprint density at radius 2 is 1.92 bits per heavy atom. The van der Waals surface area contributed by atoms with Gasteiger partial charge in [-0.05, 0) is 26.0 Å². The molecule has 0 saturated carbocycles. The number of halogens is 1. The average molecular weight is 509 g/mol. The van der Waals surface area contributed by atoms with Gasteiger partial charge in [-0.1, -0.05) is 18.2 Å². The SMILES string of the molecule is CCNC(=NCc1ncc(C)s1)NCCNS(=O)(=O)c1ccccc1.I. The fourth-order valence-electron chi connectivity index (χ4n) is 2.01. The molecule has 0 bridgehead atoms. The van der Waals surface area contributed by atoms with Crippen molar-refractivity contribution in [1.82, 2.24) is 20.3 Å². The van der Waals surface area contributed by atoms with Crippen LogP contribution in [-0.4, -0.2) is 39.0 Å². The minimum Gasteiger partial charge on any atom is -0.357 e. The fourth-order valence-corrected chi connectivity index (χ4v) is 3.78. The summed E-state index contributed by atoms with van der Waals surface area (Å²) in [5.74, 6) is 0.634. The lowest BCUT2D eigenvalue weighted by atomic mass is 10.4. The minimum absolute atomic E-state index is 0. The molecule has 10 heteroatoms. The average Bonchev–Trinajstić information content (AvgIpc) is 3.02. The summed E-state index contributed by atoms with van der Waals surface area (Å²) in [7, 11) is -3.48. The van der Waals surface area contributed by atoms with E-state index in [1.807, 2.05) is 20.0 Å². The van der Waals surface area contributed by atoms with Gasteiger partial charge in [-0.3, -0.25) is 0 Å². The third kappa shape index (κ3) is 7.56. The molecule has 0 saturated heterocycles. The molecule has 1 heterocycles. The molecule has 2 aromatic rings. The number of aliphatic imine (C=N–C) groups is 1. The Balaban J connectivity index is 0.00000338. The van der Waals surface area contributed by atoms with E-state index in [2.05, 4.69) is 25.3 Å². The Bertz CT molecular complexity index is 794. The van der Waals surface area contributed by atoms with Gasteiger partial charge in [0.15, 0.2) is 5.96 Å². The Labute approximate surface area is 175 Å². The number of guanidine groups is 1. The molecule has 26 heavy (non-hydrogen) atoms. The summed E-state index contributed by atoms with van der Waals surface area (Å²) in [4.78, 5) is 10.1. The van der Waals surface area contributed by atoms with Crippen LogP contribution >= 0.6 is 35.3 Å². The maximum absolute atomic E-state index is 12.1. The quantitative estimate of drug-likeness (QED) is 0.219. The van der Waals surface area contributed by atoms with Crippen molar-refractivity contribution in [3.63, 3.8) is 0 Å². The maximum Gasteiger partial charge on any atom is 0.240 e. The molecule has 2 rings (SSSR count). The Morgan fingerprint density at radius 3 is 2.54 bits per heavy atom. The van der Waals surface area contributed by atoms with Gasteiger partial charge in [-0.2, -0.15) is 0 Å². The Morgan fingerprint density at radius 1 is 1.19 bits per heavy atom. The normalized spacial score (nSPS) is 11.7. The fraction of sp³-hybridized carbons (Fsp3) is 0.375. The molecular weight excluding hydrogens is 485 g/mol. The number of aryl methyl sites for hydroxylation is 1. The number of rotatable bonds is 8. The van der Waals surface area contributed by atoms with Crippen molar-refractivity contribution in [1.29, 1.82) is 0 Å². The number of nitrogens with one attached hydrogen (secondary N) is 3. The molecule has 0 radical (unpaired) electrons. The molecule has 0 unspecified atom stereocenters. The molecule has 7 nitrogen and oxygen atoms in total. The molecule has 1 aromatic carbocycles. The van der Waals surface area contributed by atoms with E-state index in [1.165, 1.54) is 0 Å². The lowest BCUT2D eigenvalue weighted by molar-refractivity contribution is 0.580. The van der Waals surface area contributed by atoms with Crippen LogP contribution < -0.4 is 15.4 Å². The summed E-state index contributed by atoms with van der Waals surface area (Å²) >= 11 is 1.61. The van der Waals surface area contributed by atoms with E-state index in [0.29, 0.717) is 19.0 Å². The van der Waals surface area contributed by atoms with Crippen molar-refractivity contribution in [3.8, 4) is 0 Å². The van der Waals surface area contributed by atoms with E-state index < -0.39 is 10.0 Å². The molecule has 144 valence electrons. The van der Waals surface area contributed by atoms with Gasteiger partial charge in [0, 0.05) is 30.7 Å². The molecule has 1 aromatic heterocycles. The molecule has 3 N–H and O–H groups in total. The van der Waals surface area contributed by atoms with E-state index in [4.69, 9.17) is 0 Å². The van der Waals surface area contributed by atoms with E-state index in [9.17, 15) is 8.42 Å². The number of nitrogens with zero attached hydrogens (tertiary/aromatic N) is 2. The van der Waals surface area contributed by atoms with Crippen LogP contribution in [0.5, 0.6) is 0 Å². The van der Waals surface area contributed by atoms with Crippen molar-refractivity contribution >= 4 is 51.3 Å². The van der Waals surface area contributed by atoms with Gasteiger partial charge in [-0.15, -0.1) is 35.3 Å². The third-order valence-corrected chi connectivity index (χ3v) is 5.52. The second kappa shape index (κ2) is 11.5. The first-order chi connectivity index (χ1) is 12.0. The summed E-state index contributed by atoms with van der Waals surface area (Å²) in [5, 5.41) is 7.18. The summed E-state index contributed by atoms with van der Waals surface area (Å²) < 4.78 is 26.8. The van der Waals surface area contributed by atoms with E-state index in [0.717, 1.165) is 16.4 Å². The van der Waals surface area contributed by atoms with Crippen molar-refractivity contribution in [2.24, 2.45) is 4.99 Å². The van der Waals surface area contributed by atoms with Crippen LogP contribution in [0.15, 0.2) is 46.4 Å². The van der Waals surface area contributed by atoms with Crippen molar-refractivity contribution in [3.05, 3.63) is 46.4 Å². The highest BCUT2D eigenvalue weighted by Crippen LogP contribution is 2.11. The highest BCUT2D eigenvalue weighted by Gasteiger charge is 2.12. The predicted octanol–water partition coefficient (Wildman–Crippen LogP) is 2.10. The summed E-state index contributed by atoms with van der Waals surface area (Å²) in [5.41, 5.74) is 0. The number of benzene rings is 1. The molecule has 0 atom stereocenters. The summed E-state index contributed by atoms with van der Waals surface area (Å²) in [6.45, 7) is 5.88. The molecule has 0 aliphatic rings. The molecule has 0 spiro atoms. The lowest BCUT2D eigenvalue weighted by Gasteiger charge is -2.11. The third-order valence-electron chi connectivity index (χ3n) is 3.15. The van der Waals surface area contributed by atoms with Crippen LogP contribution in [0.25, 0.3) is 0 Å². The zero-order valence-corrected chi connectivity index (χ0v) is 18.7. The van der Waals surface area contributed by atoms with Gasteiger partial charge < -0.3 is 10.6 Å². The molecule has 0 fully saturated rings. The van der Waals surface area contributed by atoms with Gasteiger partial charge in [0.1, 0.15) is 5.01 Å². The molecule has 0 aliphatic carbocycles. The Hall–Kier alpha value is -1.24. The number of sulfonamides is 1. The molecule has 0 aliphatic heterocycles. The van der Waals surface area contributed by atoms with Crippen LogP contribution in [0.1, 0.15) is 16.8 Å². The highest BCUT2D eigenvalue weighted by molar-refractivity contribution is 14.0. The van der Waals surface area contributed by atoms with Crippen molar-refractivity contribution < 1.29 is 8.42 Å². The van der Waals surface area contributed by atoms with Crippen molar-refractivity contribution in [2.45, 2.75) is 25.3 Å². The smallest absolute Gasteiger partial charge is 0.240 e. The highest BCUT2D eigenvalue weighted by atomic mass is 127. The largest absolute Gasteiger partial charge is 0.357 e. The zero-order chi connectivity index (χ0) is 18.1. The minimum atomic E-state index is -3.48. The van der Waals surface area contributed by atoms with Gasteiger partial charge in [-0.25, -0.2) is 23.1 Å². The second-order valence-corrected chi connectivity index (χ2v) is 8.28. The van der Waals surface area contributed by atoms with Crippen LogP contribution in [0.4, 0.5) is 0 Å². The van der Waals surface area contributed by atoms with E-state index in [1.54, 1.807) is 41.7 Å². The predicted molar refractivity (Wildman–Crippen MR) is 117 cm³/mol. The maximum atomic E-state index is 12.1. The number of hydrogen-bond acceptors (Lipinski definition) is 5. The van der Waals surface area contributed by atoms with Gasteiger partial charge >= 0.3 is 0 Å². The standard InChI is InChI=1S/C16H23N5O2S2.HI/c1-3-17-16(20-12-15-19-11-13(2)24-15)18-9-10-21-25(22,23)14-7-5-4-6-8-14;/h4-8,11,21H,3,9-10,12H2,1-2H3,(H2,17,18,20);1H. The van der Waals surface area contributed by atoms with Gasteiger partial charge in [0.05, 0.1) is 11.4 Å². The first-order valence-electron chi connectivity index (χ1n) is 7.99. The molecular formula is C16H24IN5O2S2. The lowest BCUT2D eigenvalue weighted by Crippen LogP contribution is -2.41. The van der Waals surface area contributed by atoms with Gasteiger partial charge in [0.2, 0.25) is 10.0 Å². The summed E-state index contributed by atoms with van der Waals surface area (Å²) in [6, 6.07) is 8.31. The van der Waals surface area contributed by atoms with Crippen molar-refractivity contribution in [2.75, 3.05) is 19.6 Å². The number of thiazole rings is 1. The van der Waals surface area contributed by atoms with Crippen LogP contribution in [-0.2, 0) is 16.6 Å². The van der Waals surface area contributed by atoms with Crippen LogP contribution in [0.2, 0.25) is 0 Å². The monoisotopic (exact) mass is 509 g/mol. The van der Waals surface area contributed by atoms with Crippen LogP contribution in [0.3, 0.4) is 0 Å². The zero-order valence-electron chi connectivity index (χ0n) is 14.7. The topological polar surface area (TPSA) is 95.5 Å². The van der Waals surface area contributed by atoms with E-state index >= 15 is 0 Å². The summed E-state index contributed by atoms with van der Waals surface area (Å²) in [6.07, 6.45) is 1.83.